The molecule has 0 aromatic heterocycles. The average Bonchev–Trinajstić information content (AvgIpc) is 2.36. The highest BCUT2D eigenvalue weighted by atomic mass is 35.5. The van der Waals surface area contributed by atoms with Crippen LogP contribution in [-0.2, 0) is 6.18 Å². The van der Waals surface area contributed by atoms with Gasteiger partial charge in [0.05, 0.1) is 11.6 Å². The third-order valence-corrected chi connectivity index (χ3v) is 3.34. The van der Waals surface area contributed by atoms with Gasteiger partial charge in [-0.3, -0.25) is 0 Å². The third kappa shape index (κ3) is 3.67. The van der Waals surface area contributed by atoms with E-state index in [0.717, 1.165) is 6.07 Å². The van der Waals surface area contributed by atoms with Crippen molar-refractivity contribution < 1.29 is 17.6 Å². The fourth-order valence-corrected chi connectivity index (χ4v) is 2.44. The van der Waals surface area contributed by atoms with Gasteiger partial charge in [-0.1, -0.05) is 29.3 Å². The van der Waals surface area contributed by atoms with Crippen LogP contribution in [0, 0.1) is 5.82 Å². The Morgan fingerprint density at radius 3 is 2.00 bits per heavy atom. The fraction of sp³-hybridized carbons (Fsp3) is 0.143. The van der Waals surface area contributed by atoms with Crippen molar-refractivity contribution >= 4 is 23.2 Å². The van der Waals surface area contributed by atoms with Crippen LogP contribution in [0.2, 0.25) is 10.0 Å². The summed E-state index contributed by atoms with van der Waals surface area (Å²) in [5.74, 6) is -1.34. The minimum absolute atomic E-state index is 0.113. The molecule has 0 bridgehead atoms. The zero-order valence-electron chi connectivity index (χ0n) is 10.4. The zero-order valence-corrected chi connectivity index (χ0v) is 11.9. The lowest BCUT2D eigenvalue weighted by atomic mass is 9.97. The van der Waals surface area contributed by atoms with Crippen LogP contribution in [0.1, 0.15) is 22.7 Å². The summed E-state index contributed by atoms with van der Waals surface area (Å²) in [6, 6.07) is 6.19. The van der Waals surface area contributed by atoms with Crippen LogP contribution in [0.4, 0.5) is 17.6 Å². The molecule has 0 heterocycles. The molecule has 1 nitrogen and oxygen atoms in total. The maximum Gasteiger partial charge on any atom is 0.419 e. The Bertz CT molecular complexity index is 650. The van der Waals surface area contributed by atoms with Gasteiger partial charge in [0.15, 0.2) is 0 Å². The van der Waals surface area contributed by atoms with Crippen molar-refractivity contribution in [1.29, 1.82) is 0 Å². The Kier molecular flexibility index (Phi) is 4.46. The van der Waals surface area contributed by atoms with Crippen LogP contribution in [0.3, 0.4) is 0 Å². The van der Waals surface area contributed by atoms with Crippen LogP contribution >= 0.6 is 23.2 Å². The minimum atomic E-state index is -4.79. The monoisotopic (exact) mass is 337 g/mol. The van der Waals surface area contributed by atoms with Gasteiger partial charge < -0.3 is 5.73 Å². The van der Waals surface area contributed by atoms with Crippen molar-refractivity contribution in [3.8, 4) is 0 Å². The van der Waals surface area contributed by atoms with Gasteiger partial charge in [0.25, 0.3) is 0 Å². The maximum atomic E-state index is 13.3. The predicted molar refractivity (Wildman–Crippen MR) is 73.9 cm³/mol. The van der Waals surface area contributed by atoms with Gasteiger partial charge in [-0.15, -0.1) is 0 Å². The van der Waals surface area contributed by atoms with Gasteiger partial charge in [0.2, 0.25) is 0 Å². The van der Waals surface area contributed by atoms with Gasteiger partial charge >= 0.3 is 6.18 Å². The second-order valence-electron chi connectivity index (χ2n) is 4.42. The number of hydrogen-bond donors (Lipinski definition) is 1. The number of halogens is 6. The van der Waals surface area contributed by atoms with E-state index in [9.17, 15) is 17.6 Å². The van der Waals surface area contributed by atoms with Crippen LogP contribution < -0.4 is 5.73 Å². The molecule has 0 aliphatic carbocycles. The standard InChI is InChI=1S/C14H9Cl2F4N/c15-9-3-8(4-10(16)6-9)13(21)7-1-2-12(17)11(5-7)14(18,19)20/h1-6,13H,21H2. The van der Waals surface area contributed by atoms with E-state index in [-0.39, 0.29) is 5.56 Å². The van der Waals surface area contributed by atoms with Crippen LogP contribution in [0.25, 0.3) is 0 Å². The van der Waals surface area contributed by atoms with Gasteiger partial charge in [0, 0.05) is 10.0 Å². The molecule has 7 heteroatoms. The highest BCUT2D eigenvalue weighted by Crippen LogP contribution is 2.34. The zero-order chi connectivity index (χ0) is 15.8. The lowest BCUT2D eigenvalue weighted by Crippen LogP contribution is -2.15. The third-order valence-electron chi connectivity index (χ3n) is 2.90. The summed E-state index contributed by atoms with van der Waals surface area (Å²) in [5.41, 5.74) is 5.10. The molecule has 1 atom stereocenters. The molecule has 21 heavy (non-hydrogen) atoms. The minimum Gasteiger partial charge on any atom is -0.320 e. The van der Waals surface area contributed by atoms with Gasteiger partial charge in [-0.2, -0.15) is 13.2 Å². The molecule has 1 unspecified atom stereocenters. The molecule has 0 aliphatic rings. The summed E-state index contributed by atoms with van der Waals surface area (Å²) in [6.07, 6.45) is -4.79. The fourth-order valence-electron chi connectivity index (χ4n) is 1.90. The summed E-state index contributed by atoms with van der Waals surface area (Å²) >= 11 is 11.7. The Morgan fingerprint density at radius 1 is 0.905 bits per heavy atom. The van der Waals surface area contributed by atoms with Crippen molar-refractivity contribution in [3.63, 3.8) is 0 Å². The van der Waals surface area contributed by atoms with E-state index in [1.807, 2.05) is 0 Å². The number of hydrogen-bond acceptors (Lipinski definition) is 1. The van der Waals surface area contributed by atoms with Crippen molar-refractivity contribution in [2.75, 3.05) is 0 Å². The molecule has 0 spiro atoms. The van der Waals surface area contributed by atoms with E-state index >= 15 is 0 Å². The van der Waals surface area contributed by atoms with Crippen LogP contribution in [0.15, 0.2) is 36.4 Å². The number of alkyl halides is 3. The highest BCUT2D eigenvalue weighted by Gasteiger charge is 2.34. The SMILES string of the molecule is NC(c1cc(Cl)cc(Cl)c1)c1ccc(F)c(C(F)(F)F)c1. The molecule has 2 rings (SSSR count). The van der Waals surface area contributed by atoms with Crippen LogP contribution in [0.5, 0.6) is 0 Å². The Labute approximate surface area is 128 Å². The van der Waals surface area contributed by atoms with Crippen molar-refractivity contribution in [1.82, 2.24) is 0 Å². The first-order chi connectivity index (χ1) is 9.68. The second-order valence-corrected chi connectivity index (χ2v) is 5.29. The van der Waals surface area contributed by atoms with E-state index in [1.54, 1.807) is 0 Å². The van der Waals surface area contributed by atoms with Gasteiger partial charge in [-0.25, -0.2) is 4.39 Å². The Morgan fingerprint density at radius 2 is 1.48 bits per heavy atom. The van der Waals surface area contributed by atoms with E-state index in [2.05, 4.69) is 0 Å². The number of benzene rings is 2. The van der Waals surface area contributed by atoms with Crippen LogP contribution in [-0.4, -0.2) is 0 Å². The molecular formula is C14H9Cl2F4N. The van der Waals surface area contributed by atoms with E-state index in [1.165, 1.54) is 24.3 Å². The van der Waals surface area contributed by atoms with E-state index in [4.69, 9.17) is 28.9 Å². The van der Waals surface area contributed by atoms with E-state index < -0.39 is 23.6 Å². The first-order valence-electron chi connectivity index (χ1n) is 5.76. The maximum absolute atomic E-state index is 13.3. The predicted octanol–water partition coefficient (Wildman–Crippen LogP) is 5.20. The Balaban J connectivity index is 2.46. The average molecular weight is 338 g/mol. The molecule has 0 amide bonds. The number of nitrogens with two attached hydrogens (primary N) is 1. The molecule has 112 valence electrons. The molecule has 0 radical (unpaired) electrons. The topological polar surface area (TPSA) is 26.0 Å². The lowest BCUT2D eigenvalue weighted by molar-refractivity contribution is -0.140. The molecule has 2 aromatic rings. The molecule has 0 saturated heterocycles. The summed E-state index contributed by atoms with van der Waals surface area (Å²) < 4.78 is 51.4. The molecular weight excluding hydrogens is 329 g/mol. The summed E-state index contributed by atoms with van der Waals surface area (Å²) in [5, 5.41) is 0.622. The second kappa shape index (κ2) is 5.83. The molecule has 0 aliphatic heterocycles. The summed E-state index contributed by atoms with van der Waals surface area (Å²) in [6.45, 7) is 0. The quantitative estimate of drug-likeness (QED) is 0.749. The Hall–Kier alpha value is -1.30. The van der Waals surface area contributed by atoms with Gasteiger partial charge in [0.1, 0.15) is 5.82 Å². The smallest absolute Gasteiger partial charge is 0.320 e. The van der Waals surface area contributed by atoms with Crippen molar-refractivity contribution in [2.24, 2.45) is 5.73 Å². The van der Waals surface area contributed by atoms with Crippen molar-refractivity contribution in [3.05, 3.63) is 69.0 Å². The summed E-state index contributed by atoms with van der Waals surface area (Å²) in [4.78, 5) is 0. The molecule has 2 N–H and O–H groups in total. The first-order valence-corrected chi connectivity index (χ1v) is 6.52. The lowest BCUT2D eigenvalue weighted by Gasteiger charge is -2.16. The first kappa shape index (κ1) is 16.1. The molecule has 2 aromatic carbocycles. The highest BCUT2D eigenvalue weighted by molar-refractivity contribution is 6.34. The van der Waals surface area contributed by atoms with Gasteiger partial charge in [-0.05, 0) is 41.5 Å². The number of rotatable bonds is 2. The molecule has 0 saturated carbocycles. The summed E-state index contributed by atoms with van der Waals surface area (Å²) in [7, 11) is 0. The largest absolute Gasteiger partial charge is 0.419 e. The van der Waals surface area contributed by atoms with Crippen molar-refractivity contribution in [2.45, 2.75) is 12.2 Å². The normalized spacial score (nSPS) is 13.3. The van der Waals surface area contributed by atoms with E-state index in [0.29, 0.717) is 21.7 Å². The molecule has 0 fully saturated rings.